The van der Waals surface area contributed by atoms with Crippen LogP contribution in [0.5, 0.6) is 11.8 Å². The maximum atomic E-state index is 12.6. The molecule has 6 rings (SSSR count). The van der Waals surface area contributed by atoms with Gasteiger partial charge in [-0.3, -0.25) is 4.79 Å². The van der Waals surface area contributed by atoms with E-state index in [0.29, 0.717) is 44.8 Å². The largest absolute Gasteiger partial charge is 0.496 e. The Labute approximate surface area is 253 Å². The van der Waals surface area contributed by atoms with Gasteiger partial charge in [0.1, 0.15) is 24.2 Å². The minimum atomic E-state index is -0.234. The molecule has 1 aromatic heterocycles. The molecule has 4 heterocycles. The van der Waals surface area contributed by atoms with E-state index in [0.717, 1.165) is 65.2 Å². The van der Waals surface area contributed by atoms with Crippen LogP contribution in [0, 0.1) is 6.57 Å². The molecule has 10 nitrogen and oxygen atoms in total. The summed E-state index contributed by atoms with van der Waals surface area (Å²) < 4.78 is 12.1. The number of hydrogen-bond donors (Lipinski definition) is 0. The van der Waals surface area contributed by atoms with Crippen molar-refractivity contribution >= 4 is 28.2 Å². The van der Waals surface area contributed by atoms with Crippen molar-refractivity contribution in [1.29, 1.82) is 0 Å². The van der Waals surface area contributed by atoms with Crippen LogP contribution in [0.25, 0.3) is 15.6 Å². The summed E-state index contributed by atoms with van der Waals surface area (Å²) in [5.41, 5.74) is 3.17. The van der Waals surface area contributed by atoms with Crippen LogP contribution in [0.3, 0.4) is 0 Å². The van der Waals surface area contributed by atoms with Crippen molar-refractivity contribution in [2.45, 2.75) is 37.9 Å². The minimum Gasteiger partial charge on any atom is -0.496 e. The lowest BCUT2D eigenvalue weighted by molar-refractivity contribution is -0.128. The van der Waals surface area contributed by atoms with Gasteiger partial charge >= 0.3 is 6.01 Å². The van der Waals surface area contributed by atoms with Gasteiger partial charge in [0.15, 0.2) is 0 Å². The topological polar surface area (TPSA) is 78.6 Å². The Morgan fingerprint density at radius 3 is 2.70 bits per heavy atom. The van der Waals surface area contributed by atoms with Crippen LogP contribution in [0.15, 0.2) is 49.1 Å². The number of ether oxygens (including phenoxy) is 2. The molecule has 10 heteroatoms. The number of fused-ring (bicyclic) bond motifs is 2. The fourth-order valence-electron chi connectivity index (χ4n) is 6.72. The number of hydrogen-bond acceptors (Lipinski definition) is 8. The van der Waals surface area contributed by atoms with Crippen molar-refractivity contribution in [3.63, 3.8) is 0 Å². The van der Waals surface area contributed by atoms with E-state index in [4.69, 9.17) is 26.0 Å². The smallest absolute Gasteiger partial charge is 0.318 e. The van der Waals surface area contributed by atoms with Gasteiger partial charge in [0.05, 0.1) is 19.3 Å². The molecule has 224 valence electrons. The number of likely N-dealkylation sites (tertiary alicyclic amines) is 1. The molecule has 3 aromatic rings. The third kappa shape index (κ3) is 5.69. The molecule has 43 heavy (non-hydrogen) atoms. The van der Waals surface area contributed by atoms with E-state index >= 15 is 0 Å². The van der Waals surface area contributed by atoms with Crippen molar-refractivity contribution in [1.82, 2.24) is 19.8 Å². The van der Waals surface area contributed by atoms with E-state index in [1.54, 1.807) is 12.0 Å². The molecular weight excluding hydrogens is 542 g/mol. The van der Waals surface area contributed by atoms with E-state index in [-0.39, 0.29) is 18.5 Å². The number of benzene rings is 2. The van der Waals surface area contributed by atoms with Gasteiger partial charge in [0.25, 0.3) is 0 Å². The molecule has 2 atom stereocenters. The predicted octanol–water partition coefficient (Wildman–Crippen LogP) is 3.80. The van der Waals surface area contributed by atoms with Gasteiger partial charge in [0.2, 0.25) is 12.5 Å². The van der Waals surface area contributed by atoms with Crippen LogP contribution in [0.2, 0.25) is 0 Å². The Kier molecular flexibility index (Phi) is 8.34. The number of rotatable bonds is 8. The normalized spacial score (nSPS) is 20.5. The maximum absolute atomic E-state index is 12.6. The first-order chi connectivity index (χ1) is 21.0. The number of amides is 1. The highest BCUT2D eigenvalue weighted by Crippen LogP contribution is 2.38. The number of aromatic nitrogens is 2. The van der Waals surface area contributed by atoms with Gasteiger partial charge in [0, 0.05) is 48.9 Å². The van der Waals surface area contributed by atoms with E-state index < -0.39 is 0 Å². The number of piperazine rings is 1. The molecule has 0 spiro atoms. The zero-order valence-electron chi connectivity index (χ0n) is 25.0. The molecule has 2 aromatic carbocycles. The first kappa shape index (κ1) is 28.7. The second-order valence-corrected chi connectivity index (χ2v) is 11.5. The van der Waals surface area contributed by atoms with Gasteiger partial charge in [-0.15, -0.1) is 0 Å². The van der Waals surface area contributed by atoms with Crippen molar-refractivity contribution < 1.29 is 14.3 Å². The third-order valence-corrected chi connectivity index (χ3v) is 9.05. The van der Waals surface area contributed by atoms with Gasteiger partial charge in [-0.25, -0.2) is 6.57 Å². The molecule has 1 amide bonds. The summed E-state index contributed by atoms with van der Waals surface area (Å²) in [6, 6.07) is 13.0. The Morgan fingerprint density at radius 2 is 1.95 bits per heavy atom. The number of carbonyl (C=O) groups excluding carboxylic acids is 1. The predicted molar refractivity (Wildman–Crippen MR) is 168 cm³/mol. The second-order valence-electron chi connectivity index (χ2n) is 11.5. The van der Waals surface area contributed by atoms with Gasteiger partial charge in [-0.2, -0.15) is 9.97 Å². The average Bonchev–Trinajstić information content (AvgIpc) is 3.46. The van der Waals surface area contributed by atoms with Crippen molar-refractivity contribution in [2.75, 3.05) is 69.8 Å². The lowest BCUT2D eigenvalue weighted by atomic mass is 10.0. The van der Waals surface area contributed by atoms with Crippen LogP contribution >= 0.6 is 0 Å². The first-order valence-corrected chi connectivity index (χ1v) is 15.1. The summed E-state index contributed by atoms with van der Waals surface area (Å²) in [5, 5.41) is 2.23. The monoisotopic (exact) mass is 581 g/mol. The molecular formula is C33H39N7O3. The molecule has 3 aliphatic heterocycles. The highest BCUT2D eigenvalue weighted by atomic mass is 16.5. The lowest BCUT2D eigenvalue weighted by Crippen LogP contribution is -2.56. The van der Waals surface area contributed by atoms with Gasteiger partial charge in [-0.1, -0.05) is 30.8 Å². The number of nitrogens with zero attached hydrogens (tertiary/aromatic N) is 7. The standard InChI is InChI=1S/C33H39N7O3/c1-5-30(41)40-18-17-39(20-25(40)19-34-2)32-26-14-16-38(28-12-6-9-23-10-7-13-29(42-4)31(23)28)21-27(26)35-33(36-32)43-22-24-11-8-15-37(24)3/h5-7,9-10,12-13,24-25H,1,8,11,14-22H2,3-4H3/t24-,25-/m0/s1. The summed E-state index contributed by atoms with van der Waals surface area (Å²) >= 11 is 0. The summed E-state index contributed by atoms with van der Waals surface area (Å²) in [6.45, 7) is 16.1. The summed E-state index contributed by atoms with van der Waals surface area (Å²) in [4.78, 5) is 34.8. The zero-order valence-corrected chi connectivity index (χ0v) is 25.0. The molecule has 2 saturated heterocycles. The first-order valence-electron chi connectivity index (χ1n) is 15.1. The number of likely N-dealkylation sites (N-methyl/N-ethyl adjacent to an activating group) is 1. The molecule has 0 N–H and O–H groups in total. The van der Waals surface area contributed by atoms with Crippen molar-refractivity contribution in [3.05, 3.63) is 71.7 Å². The fraction of sp³-hybridized carbons (Fsp3) is 0.455. The van der Waals surface area contributed by atoms with E-state index in [1.165, 1.54) is 12.5 Å². The van der Waals surface area contributed by atoms with Crippen LogP contribution in [-0.2, 0) is 17.8 Å². The minimum absolute atomic E-state index is 0.135. The quantitative estimate of drug-likeness (QED) is 0.294. The van der Waals surface area contributed by atoms with E-state index in [1.807, 2.05) is 12.1 Å². The van der Waals surface area contributed by atoms with Crippen LogP contribution < -0.4 is 19.3 Å². The van der Waals surface area contributed by atoms with Gasteiger partial charge < -0.3 is 33.9 Å². The molecule has 0 saturated carbocycles. The maximum Gasteiger partial charge on any atom is 0.318 e. The molecule has 2 fully saturated rings. The lowest BCUT2D eigenvalue weighted by Gasteiger charge is -2.41. The second kappa shape index (κ2) is 12.5. The molecule has 0 radical (unpaired) electrons. The highest BCUT2D eigenvalue weighted by Gasteiger charge is 2.35. The molecule has 0 unspecified atom stereocenters. The van der Waals surface area contributed by atoms with Crippen LogP contribution in [-0.4, -0.2) is 97.8 Å². The third-order valence-electron chi connectivity index (χ3n) is 9.05. The molecule has 0 bridgehead atoms. The van der Waals surface area contributed by atoms with Crippen LogP contribution in [0.1, 0.15) is 24.1 Å². The van der Waals surface area contributed by atoms with Crippen LogP contribution in [0.4, 0.5) is 11.5 Å². The number of carbonyl (C=O) groups is 1. The summed E-state index contributed by atoms with van der Waals surface area (Å²) in [6.07, 6.45) is 4.37. The Morgan fingerprint density at radius 1 is 1.12 bits per heavy atom. The van der Waals surface area contributed by atoms with E-state index in [2.05, 4.69) is 57.4 Å². The average molecular weight is 582 g/mol. The summed E-state index contributed by atoms with van der Waals surface area (Å²) in [7, 11) is 3.85. The number of methoxy groups -OCH3 is 1. The van der Waals surface area contributed by atoms with Crippen molar-refractivity contribution in [3.8, 4) is 11.8 Å². The van der Waals surface area contributed by atoms with Crippen molar-refractivity contribution in [2.24, 2.45) is 0 Å². The fourth-order valence-corrected chi connectivity index (χ4v) is 6.72. The number of anilines is 2. The Bertz CT molecular complexity index is 1550. The molecule has 0 aliphatic carbocycles. The van der Waals surface area contributed by atoms with E-state index in [9.17, 15) is 4.79 Å². The SMILES string of the molecule is [C-]#[N+]C[C@H]1CN(c2nc(OC[C@@H]3CCCN3C)nc3c2CCN(c2cccc4cccc(OC)c24)C3)CCN1C(=O)C=C. The zero-order chi connectivity index (χ0) is 29.9. The molecule has 3 aliphatic rings. The Hall–Kier alpha value is -4.36. The highest BCUT2D eigenvalue weighted by molar-refractivity contribution is 5.99. The van der Waals surface area contributed by atoms with Gasteiger partial charge in [-0.05, 0) is 56.4 Å². The summed E-state index contributed by atoms with van der Waals surface area (Å²) in [5.74, 6) is 1.57. The Balaban J connectivity index is 1.35.